The molecule has 2 aromatic carbocycles. The number of alkyl carbamates (subject to hydrolysis) is 1. The van der Waals surface area contributed by atoms with Crippen molar-refractivity contribution in [2.75, 3.05) is 6.61 Å². The SMILES string of the molecule is CC(=O)O[C@H]1C(=O)[C@@]2(C)[C@H]([C@H](OC(=O)c3ccccc3)[C@]3(O)C[C@H](OC(=O)[C@H](O)[C@@H](OC(=O)NC(C)(C)C)c4ccccc4)C(C)=C1C3(C)C)[C@]1(OC(C)=O)CO[C@@H]1C[C@@H]2O. The molecule has 2 bridgehead atoms. The molecule has 4 N–H and O–H groups in total. The van der Waals surface area contributed by atoms with Crippen LogP contribution >= 0.6 is 0 Å². The van der Waals surface area contributed by atoms with E-state index < -0.39 is 118 Å². The molecular formula is C45H55NO15. The van der Waals surface area contributed by atoms with E-state index >= 15 is 4.79 Å². The molecule has 16 heteroatoms. The van der Waals surface area contributed by atoms with Crippen LogP contribution in [0, 0.1) is 16.7 Å². The molecule has 1 amide bonds. The van der Waals surface area contributed by atoms with Gasteiger partial charge < -0.3 is 49.1 Å². The monoisotopic (exact) mass is 849 g/mol. The second-order valence-corrected chi connectivity index (χ2v) is 18.2. The van der Waals surface area contributed by atoms with Crippen molar-refractivity contribution in [2.45, 2.75) is 135 Å². The summed E-state index contributed by atoms with van der Waals surface area (Å²) in [7, 11) is 0. The number of amides is 1. The summed E-state index contributed by atoms with van der Waals surface area (Å²) >= 11 is 0. The van der Waals surface area contributed by atoms with Crippen LogP contribution in [0.15, 0.2) is 71.8 Å². The molecule has 3 fully saturated rings. The molecule has 1 heterocycles. The first-order valence-electron chi connectivity index (χ1n) is 20.2. The van der Waals surface area contributed by atoms with E-state index in [1.165, 1.54) is 38.1 Å². The standard InChI is InChI=1S/C45H55NO15/c1-23-28(58-39(53)32(50)33(26-16-12-10-13-17-26)59-40(54)46-41(4,5)6)21-45(55)37(60-38(52)27-18-14-11-15-19-27)35-43(9,29(49)20-30-44(35,22-56-30)61-25(3)48)36(51)34(57-24(2)47)31(23)42(45,7)8/h10-19,28-30,32-35,37,49-50,55H,20-22H2,1-9H3,(H,46,54)/t28-,29-,30+,32+,33-,34+,35-,37-,43+,44-,45+/m0/s1. The Balaban J connectivity index is 1.54. The first-order chi connectivity index (χ1) is 28.4. The van der Waals surface area contributed by atoms with E-state index in [4.69, 9.17) is 28.4 Å². The summed E-state index contributed by atoms with van der Waals surface area (Å²) in [4.78, 5) is 82.8. The fourth-order valence-electron chi connectivity index (χ4n) is 9.76. The van der Waals surface area contributed by atoms with Crippen LogP contribution in [0.1, 0.15) is 97.2 Å². The summed E-state index contributed by atoms with van der Waals surface area (Å²) in [5.74, 6) is -6.35. The number of Topliss-reactive ketones (excluding diaryl/α,β-unsaturated/α-hetero) is 1. The molecule has 2 saturated carbocycles. The maximum absolute atomic E-state index is 15.5. The highest BCUT2D eigenvalue weighted by Crippen LogP contribution is 2.64. The third-order valence-electron chi connectivity index (χ3n) is 12.8. The van der Waals surface area contributed by atoms with E-state index in [1.807, 2.05) is 0 Å². The number of carbonyl (C=O) groups is 6. The van der Waals surface area contributed by atoms with Gasteiger partial charge in [-0.15, -0.1) is 0 Å². The lowest BCUT2D eigenvalue weighted by atomic mass is 9.44. The normalized spacial score (nSPS) is 32.5. The van der Waals surface area contributed by atoms with Gasteiger partial charge in [-0.1, -0.05) is 62.4 Å². The van der Waals surface area contributed by atoms with Crippen LogP contribution in [0.2, 0.25) is 0 Å². The molecule has 16 nitrogen and oxygen atoms in total. The Morgan fingerprint density at radius 3 is 2.05 bits per heavy atom. The highest BCUT2D eigenvalue weighted by atomic mass is 16.6. The van der Waals surface area contributed by atoms with Gasteiger partial charge in [0.25, 0.3) is 0 Å². The van der Waals surface area contributed by atoms with Crippen molar-refractivity contribution in [2.24, 2.45) is 16.7 Å². The third-order valence-corrected chi connectivity index (χ3v) is 12.8. The van der Waals surface area contributed by atoms with Crippen LogP contribution in [-0.4, -0.2) is 111 Å². The van der Waals surface area contributed by atoms with Crippen LogP contribution in [0.3, 0.4) is 0 Å². The molecule has 0 radical (unpaired) electrons. The molecule has 6 rings (SSSR count). The largest absolute Gasteiger partial charge is 0.456 e. The molecule has 4 aliphatic rings. The number of benzene rings is 2. The van der Waals surface area contributed by atoms with Crippen LogP contribution in [0.25, 0.3) is 0 Å². The second kappa shape index (κ2) is 16.3. The summed E-state index contributed by atoms with van der Waals surface area (Å²) in [6, 6.07) is 15.8. The Kier molecular flexibility index (Phi) is 12.1. The zero-order valence-electron chi connectivity index (χ0n) is 35.8. The van der Waals surface area contributed by atoms with Gasteiger partial charge in [0.2, 0.25) is 0 Å². The molecule has 11 atom stereocenters. The Morgan fingerprint density at radius 1 is 0.902 bits per heavy atom. The summed E-state index contributed by atoms with van der Waals surface area (Å²) in [5, 5.41) is 39.9. The predicted molar refractivity (Wildman–Crippen MR) is 213 cm³/mol. The van der Waals surface area contributed by atoms with E-state index in [9.17, 15) is 39.3 Å². The van der Waals surface area contributed by atoms with Crippen molar-refractivity contribution < 1.29 is 72.5 Å². The number of rotatable bonds is 9. The van der Waals surface area contributed by atoms with Crippen molar-refractivity contribution >= 4 is 35.8 Å². The zero-order chi connectivity index (χ0) is 45.0. The average molecular weight is 850 g/mol. The van der Waals surface area contributed by atoms with Crippen LogP contribution in [0.5, 0.6) is 0 Å². The second-order valence-electron chi connectivity index (χ2n) is 18.2. The van der Waals surface area contributed by atoms with Crippen LogP contribution < -0.4 is 5.32 Å². The number of ether oxygens (including phenoxy) is 6. The van der Waals surface area contributed by atoms with E-state index in [0.717, 1.165) is 13.8 Å². The van der Waals surface area contributed by atoms with Crippen LogP contribution in [0.4, 0.5) is 4.79 Å². The highest BCUT2D eigenvalue weighted by molar-refractivity contribution is 5.95. The molecule has 0 unspecified atom stereocenters. The first-order valence-corrected chi connectivity index (χ1v) is 20.2. The number of aliphatic hydroxyl groups excluding tert-OH is 2. The summed E-state index contributed by atoms with van der Waals surface area (Å²) in [6.07, 6.45) is -13.2. The number of ketones is 1. The van der Waals surface area contributed by atoms with Gasteiger partial charge in [0.05, 0.1) is 29.6 Å². The Bertz CT molecular complexity index is 2100. The Labute approximate surface area is 353 Å². The summed E-state index contributed by atoms with van der Waals surface area (Å²) < 4.78 is 35.7. The van der Waals surface area contributed by atoms with E-state index in [0.29, 0.717) is 0 Å². The summed E-state index contributed by atoms with van der Waals surface area (Å²) in [6.45, 7) is 13.0. The number of carbonyl (C=O) groups excluding carboxylic acids is 6. The van der Waals surface area contributed by atoms with Crippen molar-refractivity contribution in [3.63, 3.8) is 0 Å². The molecule has 3 aliphatic carbocycles. The van der Waals surface area contributed by atoms with Crippen molar-refractivity contribution in [1.82, 2.24) is 5.32 Å². The highest BCUT2D eigenvalue weighted by Gasteiger charge is 2.78. The summed E-state index contributed by atoms with van der Waals surface area (Å²) in [5.41, 5.74) is -8.21. The molecule has 0 spiro atoms. The Morgan fingerprint density at radius 2 is 1.51 bits per heavy atom. The van der Waals surface area contributed by atoms with Crippen molar-refractivity contribution in [3.05, 3.63) is 82.9 Å². The molecular weight excluding hydrogens is 794 g/mol. The third kappa shape index (κ3) is 7.94. The maximum atomic E-state index is 15.5. The van der Waals surface area contributed by atoms with Crippen LogP contribution in [-0.2, 0) is 47.6 Å². The fraction of sp³-hybridized carbons (Fsp3) is 0.556. The van der Waals surface area contributed by atoms with Gasteiger partial charge in [-0.2, -0.15) is 0 Å². The van der Waals surface area contributed by atoms with Gasteiger partial charge in [0, 0.05) is 37.6 Å². The van der Waals surface area contributed by atoms with E-state index in [1.54, 1.807) is 71.0 Å². The van der Waals surface area contributed by atoms with E-state index in [-0.39, 0.29) is 35.3 Å². The zero-order valence-corrected chi connectivity index (χ0v) is 35.8. The van der Waals surface area contributed by atoms with Crippen molar-refractivity contribution in [3.8, 4) is 0 Å². The lowest BCUT2D eigenvalue weighted by Crippen LogP contribution is -2.82. The number of aliphatic hydroxyl groups is 3. The smallest absolute Gasteiger partial charge is 0.408 e. The fourth-order valence-corrected chi connectivity index (χ4v) is 9.76. The number of fused-ring (bicyclic) bond motifs is 5. The minimum absolute atomic E-state index is 0.0182. The Hall–Kier alpha value is -5.16. The quantitative estimate of drug-likeness (QED) is 0.160. The maximum Gasteiger partial charge on any atom is 0.408 e. The van der Waals surface area contributed by atoms with Crippen molar-refractivity contribution in [1.29, 1.82) is 0 Å². The topological polar surface area (TPSA) is 231 Å². The lowest BCUT2D eigenvalue weighted by Gasteiger charge is -2.67. The van der Waals surface area contributed by atoms with Gasteiger partial charge in [-0.25, -0.2) is 14.4 Å². The number of nitrogens with one attached hydrogen (secondary N) is 1. The molecule has 2 aromatic rings. The number of esters is 4. The van der Waals surface area contributed by atoms with Gasteiger partial charge in [0.15, 0.2) is 29.7 Å². The lowest BCUT2D eigenvalue weighted by molar-refractivity contribution is -0.346. The van der Waals surface area contributed by atoms with Gasteiger partial charge in [-0.05, 0) is 63.5 Å². The van der Waals surface area contributed by atoms with Gasteiger partial charge >= 0.3 is 30.0 Å². The molecule has 61 heavy (non-hydrogen) atoms. The molecule has 1 saturated heterocycles. The minimum Gasteiger partial charge on any atom is -0.456 e. The van der Waals surface area contributed by atoms with E-state index in [2.05, 4.69) is 5.32 Å². The number of hydrogen-bond donors (Lipinski definition) is 4. The van der Waals surface area contributed by atoms with Gasteiger partial charge in [0.1, 0.15) is 23.9 Å². The average Bonchev–Trinajstić information content (AvgIpc) is 3.17. The molecule has 0 aromatic heterocycles. The number of hydrogen-bond acceptors (Lipinski definition) is 15. The first kappa shape index (κ1) is 45.4. The predicted octanol–water partition coefficient (Wildman–Crippen LogP) is 3.83. The molecule has 1 aliphatic heterocycles. The molecule has 330 valence electrons. The van der Waals surface area contributed by atoms with Gasteiger partial charge in [-0.3, -0.25) is 14.4 Å². The minimum atomic E-state index is -2.40.